The van der Waals surface area contributed by atoms with E-state index in [0.717, 1.165) is 0 Å². The smallest absolute Gasteiger partial charge is 0.319 e. The molecule has 3 nitrogen and oxygen atoms in total. The second kappa shape index (κ2) is 4.36. The molecule has 0 radical (unpaired) electrons. The molecule has 0 aliphatic carbocycles. The quantitative estimate of drug-likeness (QED) is 0.807. The normalized spacial score (nSPS) is 11.7. The third-order valence-electron chi connectivity index (χ3n) is 1.62. The molecular formula is C8H10F3N3. The van der Waals surface area contributed by atoms with Crippen molar-refractivity contribution in [1.82, 2.24) is 15.3 Å². The molecule has 0 amide bonds. The lowest BCUT2D eigenvalue weighted by Gasteiger charge is -2.04. The van der Waals surface area contributed by atoms with Gasteiger partial charge in [-0.25, -0.2) is 9.97 Å². The minimum absolute atomic E-state index is 0.620. The first-order valence-electron chi connectivity index (χ1n) is 4.07. The lowest BCUT2D eigenvalue weighted by molar-refractivity contribution is -0.145. The van der Waals surface area contributed by atoms with Gasteiger partial charge in [0.15, 0.2) is 0 Å². The number of aromatic nitrogens is 2. The molecule has 0 atom stereocenters. The molecule has 6 heteroatoms. The summed E-state index contributed by atoms with van der Waals surface area (Å²) in [5.74, 6) is -1.09. The van der Waals surface area contributed by atoms with E-state index in [-0.39, 0.29) is 0 Å². The Labute approximate surface area is 79.4 Å². The van der Waals surface area contributed by atoms with Crippen LogP contribution in [0.5, 0.6) is 0 Å². The summed E-state index contributed by atoms with van der Waals surface area (Å²) in [4.78, 5) is 6.48. The Bertz CT molecular complexity index is 281. The summed E-state index contributed by atoms with van der Waals surface area (Å²) >= 11 is 0. The fourth-order valence-corrected chi connectivity index (χ4v) is 0.900. The first kappa shape index (κ1) is 10.9. The van der Waals surface area contributed by atoms with E-state index < -0.39 is 12.0 Å². The zero-order chi connectivity index (χ0) is 10.6. The fraction of sp³-hybridized carbons (Fsp3) is 0.500. The molecule has 1 N–H and O–H groups in total. The van der Waals surface area contributed by atoms with Crippen molar-refractivity contribution in [2.45, 2.75) is 12.6 Å². The molecule has 0 aliphatic rings. The number of rotatable bonds is 3. The average Bonchev–Trinajstić information content (AvgIpc) is 2.14. The van der Waals surface area contributed by atoms with E-state index in [4.69, 9.17) is 0 Å². The molecule has 14 heavy (non-hydrogen) atoms. The molecular weight excluding hydrogens is 195 g/mol. The van der Waals surface area contributed by atoms with Crippen LogP contribution in [0.4, 0.5) is 13.2 Å². The molecule has 0 fully saturated rings. The Balaban J connectivity index is 2.69. The Hall–Kier alpha value is -1.17. The maximum absolute atomic E-state index is 12.0. The van der Waals surface area contributed by atoms with Gasteiger partial charge in [-0.1, -0.05) is 0 Å². The molecule has 0 aromatic carbocycles. The number of halogens is 3. The van der Waals surface area contributed by atoms with E-state index in [2.05, 4.69) is 15.3 Å². The van der Waals surface area contributed by atoms with Gasteiger partial charge in [0.1, 0.15) is 0 Å². The fourth-order valence-electron chi connectivity index (χ4n) is 0.900. The van der Waals surface area contributed by atoms with Crippen LogP contribution in [0.1, 0.15) is 11.4 Å². The van der Waals surface area contributed by atoms with Crippen molar-refractivity contribution >= 4 is 0 Å². The van der Waals surface area contributed by atoms with Crippen molar-refractivity contribution in [3.63, 3.8) is 0 Å². The number of hydrogen-bond donors (Lipinski definition) is 1. The molecule has 1 heterocycles. The highest BCUT2D eigenvalue weighted by molar-refractivity contribution is 5.06. The summed E-state index contributed by atoms with van der Waals surface area (Å²) in [6.45, 7) is 0.689. The van der Waals surface area contributed by atoms with Gasteiger partial charge in [-0.05, 0) is 25.6 Å². The van der Waals surface area contributed by atoms with Crippen molar-refractivity contribution in [1.29, 1.82) is 0 Å². The largest absolute Gasteiger partial charge is 0.451 e. The summed E-state index contributed by atoms with van der Waals surface area (Å²) in [7, 11) is 1.77. The van der Waals surface area contributed by atoms with Crippen LogP contribution in [0, 0.1) is 0 Å². The van der Waals surface area contributed by atoms with Crippen molar-refractivity contribution in [2.75, 3.05) is 13.6 Å². The predicted molar refractivity (Wildman–Crippen MR) is 44.7 cm³/mol. The van der Waals surface area contributed by atoms with Gasteiger partial charge in [-0.3, -0.25) is 0 Å². The van der Waals surface area contributed by atoms with Crippen LogP contribution in [0.25, 0.3) is 0 Å². The van der Waals surface area contributed by atoms with E-state index in [1.807, 2.05) is 0 Å². The minimum Gasteiger partial charge on any atom is -0.319 e. The standard InChI is InChI=1S/C8H10F3N3/c1-12-3-2-6-4-13-7(14-5-6)8(9,10)11/h4-5,12H,2-3H2,1H3. The predicted octanol–water partition coefficient (Wildman–Crippen LogP) is 1.26. The number of nitrogens with one attached hydrogen (secondary N) is 1. The summed E-state index contributed by atoms with van der Waals surface area (Å²) < 4.78 is 36.1. The summed E-state index contributed by atoms with van der Waals surface area (Å²) in [5, 5.41) is 2.88. The first-order chi connectivity index (χ1) is 6.54. The Morgan fingerprint density at radius 1 is 1.29 bits per heavy atom. The lowest BCUT2D eigenvalue weighted by Crippen LogP contribution is -2.13. The molecule has 0 saturated carbocycles. The van der Waals surface area contributed by atoms with Crippen LogP contribution in [-0.4, -0.2) is 23.6 Å². The highest BCUT2D eigenvalue weighted by atomic mass is 19.4. The number of hydrogen-bond acceptors (Lipinski definition) is 3. The van der Waals surface area contributed by atoms with E-state index in [1.54, 1.807) is 7.05 Å². The highest BCUT2D eigenvalue weighted by Crippen LogP contribution is 2.25. The molecule has 0 bridgehead atoms. The Kier molecular flexibility index (Phi) is 3.40. The maximum Gasteiger partial charge on any atom is 0.451 e. The van der Waals surface area contributed by atoms with Gasteiger partial charge in [0.2, 0.25) is 5.82 Å². The summed E-state index contributed by atoms with van der Waals surface area (Å²) in [6.07, 6.45) is -1.43. The van der Waals surface area contributed by atoms with Gasteiger partial charge in [0, 0.05) is 12.4 Å². The van der Waals surface area contributed by atoms with Crippen LogP contribution in [0.3, 0.4) is 0 Å². The Morgan fingerprint density at radius 2 is 1.86 bits per heavy atom. The Morgan fingerprint density at radius 3 is 2.29 bits per heavy atom. The monoisotopic (exact) mass is 205 g/mol. The maximum atomic E-state index is 12.0. The number of likely N-dealkylation sites (N-methyl/N-ethyl adjacent to an activating group) is 1. The van der Waals surface area contributed by atoms with Gasteiger partial charge < -0.3 is 5.32 Å². The highest BCUT2D eigenvalue weighted by Gasteiger charge is 2.34. The molecule has 1 aromatic heterocycles. The van der Waals surface area contributed by atoms with Crippen LogP contribution in [-0.2, 0) is 12.6 Å². The number of nitrogens with zero attached hydrogens (tertiary/aromatic N) is 2. The second-order valence-electron chi connectivity index (χ2n) is 2.77. The molecule has 1 rings (SSSR count). The third kappa shape index (κ3) is 2.95. The van der Waals surface area contributed by atoms with Gasteiger partial charge in [0.25, 0.3) is 0 Å². The molecule has 0 saturated heterocycles. The molecule has 0 unspecified atom stereocenters. The van der Waals surface area contributed by atoms with Crippen molar-refractivity contribution in [3.05, 3.63) is 23.8 Å². The van der Waals surface area contributed by atoms with E-state index in [1.165, 1.54) is 12.4 Å². The van der Waals surface area contributed by atoms with Crippen LogP contribution < -0.4 is 5.32 Å². The molecule has 78 valence electrons. The topological polar surface area (TPSA) is 37.8 Å². The van der Waals surface area contributed by atoms with Crippen molar-refractivity contribution < 1.29 is 13.2 Å². The second-order valence-corrected chi connectivity index (χ2v) is 2.77. The summed E-state index contributed by atoms with van der Waals surface area (Å²) in [6, 6.07) is 0. The zero-order valence-corrected chi connectivity index (χ0v) is 7.60. The van der Waals surface area contributed by atoms with Crippen molar-refractivity contribution in [2.24, 2.45) is 0 Å². The van der Waals surface area contributed by atoms with E-state index in [9.17, 15) is 13.2 Å². The van der Waals surface area contributed by atoms with E-state index >= 15 is 0 Å². The average molecular weight is 205 g/mol. The molecule has 0 spiro atoms. The van der Waals surface area contributed by atoms with Gasteiger partial charge in [0.05, 0.1) is 0 Å². The van der Waals surface area contributed by atoms with Crippen LogP contribution in [0.2, 0.25) is 0 Å². The van der Waals surface area contributed by atoms with Crippen LogP contribution in [0.15, 0.2) is 12.4 Å². The summed E-state index contributed by atoms with van der Waals surface area (Å²) in [5.41, 5.74) is 0.687. The van der Waals surface area contributed by atoms with Gasteiger partial charge >= 0.3 is 6.18 Å². The van der Waals surface area contributed by atoms with Gasteiger partial charge in [-0.2, -0.15) is 13.2 Å². The zero-order valence-electron chi connectivity index (χ0n) is 7.60. The molecule has 0 aliphatic heterocycles. The van der Waals surface area contributed by atoms with Crippen LogP contribution >= 0.6 is 0 Å². The van der Waals surface area contributed by atoms with E-state index in [0.29, 0.717) is 18.5 Å². The lowest BCUT2D eigenvalue weighted by atomic mass is 10.2. The third-order valence-corrected chi connectivity index (χ3v) is 1.62. The number of alkyl halides is 3. The minimum atomic E-state index is -4.46. The molecule has 1 aromatic rings. The van der Waals surface area contributed by atoms with Crippen molar-refractivity contribution in [3.8, 4) is 0 Å². The van der Waals surface area contributed by atoms with Gasteiger partial charge in [-0.15, -0.1) is 0 Å². The SMILES string of the molecule is CNCCc1cnc(C(F)(F)F)nc1. The first-order valence-corrected chi connectivity index (χ1v) is 4.07.